The number of hydrogen-bond acceptors (Lipinski definition) is 5. The molecule has 0 saturated heterocycles. The maximum atomic E-state index is 12.1. The van der Waals surface area contributed by atoms with Gasteiger partial charge in [-0.3, -0.25) is 19.7 Å². The Morgan fingerprint density at radius 1 is 1.53 bits per heavy atom. The highest BCUT2D eigenvalue weighted by molar-refractivity contribution is 5.85. The minimum Gasteiger partial charge on any atom is -0.481 e. The summed E-state index contributed by atoms with van der Waals surface area (Å²) in [6, 6.07) is 1.74. The van der Waals surface area contributed by atoms with Gasteiger partial charge in [-0.05, 0) is 17.7 Å². The lowest BCUT2D eigenvalue weighted by Crippen LogP contribution is -2.08. The van der Waals surface area contributed by atoms with Gasteiger partial charge in [0.1, 0.15) is 0 Å². The van der Waals surface area contributed by atoms with Crippen molar-refractivity contribution in [2.24, 2.45) is 0 Å². The molecule has 1 aromatic rings. The predicted molar refractivity (Wildman–Crippen MR) is 56.5 cm³/mol. The summed E-state index contributed by atoms with van der Waals surface area (Å²) in [7, 11) is 0. The fourth-order valence-electron chi connectivity index (χ4n) is 1.44. The smallest absolute Gasteiger partial charge is 0.387 e. The van der Waals surface area contributed by atoms with Gasteiger partial charge in [-0.1, -0.05) is 0 Å². The van der Waals surface area contributed by atoms with E-state index >= 15 is 0 Å². The van der Waals surface area contributed by atoms with Crippen molar-refractivity contribution in [3.63, 3.8) is 0 Å². The average Bonchev–Trinajstić information content (AvgIpc) is 2.25. The van der Waals surface area contributed by atoms with Crippen LogP contribution in [0.4, 0.5) is 14.5 Å². The molecule has 0 aliphatic rings. The quantitative estimate of drug-likeness (QED) is 0.480. The molecule has 9 heteroatoms. The van der Waals surface area contributed by atoms with Gasteiger partial charge in [0, 0.05) is 0 Å². The van der Waals surface area contributed by atoms with Gasteiger partial charge in [0.2, 0.25) is 5.75 Å². The Hall–Kier alpha value is -2.58. The van der Waals surface area contributed by atoms with E-state index in [-0.39, 0.29) is 11.8 Å². The number of benzene rings is 1. The molecular formula is C10H7F2NO6. The predicted octanol–water partition coefficient (Wildman–Crippen LogP) is 1.64. The molecule has 0 spiro atoms. The summed E-state index contributed by atoms with van der Waals surface area (Å²) < 4.78 is 28.2. The Balaban J connectivity index is 3.39. The summed E-state index contributed by atoms with van der Waals surface area (Å²) in [6.45, 7) is -3.33. The van der Waals surface area contributed by atoms with E-state index in [9.17, 15) is 28.5 Å². The first kappa shape index (κ1) is 14.5. The highest BCUT2D eigenvalue weighted by Crippen LogP contribution is 2.33. The maximum absolute atomic E-state index is 12.1. The largest absolute Gasteiger partial charge is 0.481 e. The highest BCUT2D eigenvalue weighted by atomic mass is 19.3. The van der Waals surface area contributed by atoms with E-state index in [0.717, 1.165) is 12.1 Å². The average molecular weight is 275 g/mol. The van der Waals surface area contributed by atoms with Gasteiger partial charge in [0.05, 0.1) is 16.9 Å². The number of hydrogen-bond donors (Lipinski definition) is 1. The van der Waals surface area contributed by atoms with Crippen LogP contribution in [0.25, 0.3) is 0 Å². The number of ether oxygens (including phenoxy) is 1. The maximum Gasteiger partial charge on any atom is 0.387 e. The van der Waals surface area contributed by atoms with Crippen molar-refractivity contribution in [1.29, 1.82) is 0 Å². The van der Waals surface area contributed by atoms with Gasteiger partial charge in [-0.15, -0.1) is 0 Å². The third kappa shape index (κ3) is 3.69. The van der Waals surface area contributed by atoms with Crippen LogP contribution in [0.1, 0.15) is 15.9 Å². The summed E-state index contributed by atoms with van der Waals surface area (Å²) in [6.07, 6.45) is -0.514. The lowest BCUT2D eigenvalue weighted by molar-refractivity contribution is -0.386. The summed E-state index contributed by atoms with van der Waals surface area (Å²) in [5.41, 5.74) is -1.51. The number of rotatable bonds is 6. The first-order valence-electron chi connectivity index (χ1n) is 4.78. The van der Waals surface area contributed by atoms with Crippen molar-refractivity contribution in [2.45, 2.75) is 13.0 Å². The number of aldehydes is 1. The van der Waals surface area contributed by atoms with E-state index in [1.54, 1.807) is 0 Å². The van der Waals surface area contributed by atoms with Gasteiger partial charge >= 0.3 is 18.3 Å². The molecule has 0 aliphatic carbocycles. The monoisotopic (exact) mass is 275 g/mol. The molecule has 0 radical (unpaired) electrons. The molecule has 1 aromatic carbocycles. The fraction of sp³-hybridized carbons (Fsp3) is 0.200. The van der Waals surface area contributed by atoms with E-state index in [2.05, 4.69) is 4.74 Å². The van der Waals surface area contributed by atoms with Crippen molar-refractivity contribution in [3.05, 3.63) is 33.4 Å². The molecule has 0 atom stereocenters. The number of carboxylic acid groups (broad SMARTS) is 1. The molecule has 0 aromatic heterocycles. The number of carboxylic acids is 1. The van der Waals surface area contributed by atoms with Gasteiger partial charge < -0.3 is 9.84 Å². The lowest BCUT2D eigenvalue weighted by atomic mass is 10.1. The van der Waals surface area contributed by atoms with Crippen LogP contribution >= 0.6 is 0 Å². The summed E-state index contributed by atoms with van der Waals surface area (Å²) >= 11 is 0. The molecule has 0 bridgehead atoms. The second-order valence-electron chi connectivity index (χ2n) is 3.36. The SMILES string of the molecule is O=Cc1cc(CC(=O)O)cc(OC(F)F)c1[N+](=O)[O-]. The van der Waals surface area contributed by atoms with Crippen LogP contribution in [0, 0.1) is 10.1 Å². The van der Waals surface area contributed by atoms with Crippen molar-refractivity contribution < 1.29 is 33.1 Å². The molecule has 0 amide bonds. The minimum atomic E-state index is -3.33. The zero-order valence-electron chi connectivity index (χ0n) is 9.21. The number of halogens is 2. The second kappa shape index (κ2) is 5.85. The number of aliphatic carboxylic acids is 1. The number of nitrogens with zero attached hydrogens (tertiary/aromatic N) is 1. The molecule has 0 aliphatic heterocycles. The van der Waals surface area contributed by atoms with Crippen LogP contribution in [0.15, 0.2) is 12.1 Å². The first-order chi connectivity index (χ1) is 8.85. The van der Waals surface area contributed by atoms with Crippen LogP contribution in [-0.2, 0) is 11.2 Å². The van der Waals surface area contributed by atoms with Crippen molar-refractivity contribution in [3.8, 4) is 5.75 Å². The van der Waals surface area contributed by atoms with Crippen LogP contribution < -0.4 is 4.74 Å². The number of alkyl halides is 2. The van der Waals surface area contributed by atoms with E-state index < -0.39 is 40.9 Å². The van der Waals surface area contributed by atoms with Gasteiger partial charge in [-0.2, -0.15) is 8.78 Å². The van der Waals surface area contributed by atoms with Gasteiger partial charge in [0.15, 0.2) is 6.29 Å². The second-order valence-corrected chi connectivity index (χ2v) is 3.36. The van der Waals surface area contributed by atoms with Crippen molar-refractivity contribution in [2.75, 3.05) is 0 Å². The van der Waals surface area contributed by atoms with Gasteiger partial charge in [-0.25, -0.2) is 0 Å². The number of nitro benzene ring substituents is 1. The third-order valence-electron chi connectivity index (χ3n) is 2.05. The van der Waals surface area contributed by atoms with E-state index in [0.29, 0.717) is 0 Å². The molecule has 0 heterocycles. The van der Waals surface area contributed by atoms with Crippen LogP contribution in [0.2, 0.25) is 0 Å². The van der Waals surface area contributed by atoms with E-state index in [1.165, 1.54) is 0 Å². The summed E-state index contributed by atoms with van der Waals surface area (Å²) in [5.74, 6) is -2.13. The van der Waals surface area contributed by atoms with Crippen LogP contribution in [0.5, 0.6) is 5.75 Å². The Labute approximate surface area is 104 Å². The minimum absolute atomic E-state index is 0.0594. The molecular weight excluding hydrogens is 268 g/mol. The zero-order chi connectivity index (χ0) is 14.6. The van der Waals surface area contributed by atoms with Crippen LogP contribution in [-0.4, -0.2) is 28.9 Å². The molecule has 102 valence electrons. The molecule has 0 saturated carbocycles. The van der Waals surface area contributed by atoms with E-state index in [4.69, 9.17) is 5.11 Å². The van der Waals surface area contributed by atoms with Crippen molar-refractivity contribution >= 4 is 17.9 Å². The van der Waals surface area contributed by atoms with Crippen LogP contribution in [0.3, 0.4) is 0 Å². The highest BCUT2D eigenvalue weighted by Gasteiger charge is 2.25. The molecule has 0 unspecified atom stereocenters. The fourth-order valence-corrected chi connectivity index (χ4v) is 1.44. The molecule has 1 N–H and O–H groups in total. The number of carbonyl (C=O) groups excluding carboxylic acids is 1. The Kier molecular flexibility index (Phi) is 4.46. The van der Waals surface area contributed by atoms with E-state index in [1.807, 2.05) is 0 Å². The zero-order valence-corrected chi connectivity index (χ0v) is 9.21. The Morgan fingerprint density at radius 3 is 2.58 bits per heavy atom. The summed E-state index contributed by atoms with van der Waals surface area (Å²) in [4.78, 5) is 30.9. The van der Waals surface area contributed by atoms with Gasteiger partial charge in [0.25, 0.3) is 0 Å². The topological polar surface area (TPSA) is 107 Å². The molecule has 7 nitrogen and oxygen atoms in total. The number of carbonyl (C=O) groups is 2. The van der Waals surface area contributed by atoms with Crippen molar-refractivity contribution in [1.82, 2.24) is 0 Å². The Bertz CT molecular complexity index is 531. The third-order valence-corrected chi connectivity index (χ3v) is 2.05. The first-order valence-corrected chi connectivity index (χ1v) is 4.78. The lowest BCUT2D eigenvalue weighted by Gasteiger charge is -2.08. The number of nitro groups is 1. The summed E-state index contributed by atoms with van der Waals surface area (Å²) in [5, 5.41) is 19.3. The molecule has 0 fully saturated rings. The Morgan fingerprint density at radius 2 is 2.16 bits per heavy atom. The molecule has 1 rings (SSSR count). The normalized spacial score (nSPS) is 10.3. The standard InChI is InChI=1S/C10H7F2NO6/c11-10(12)19-7-2-5(3-8(15)16)1-6(4-14)9(7)13(17)18/h1-2,4,10H,3H2,(H,15,16). The molecule has 19 heavy (non-hydrogen) atoms.